The van der Waals surface area contributed by atoms with Gasteiger partial charge in [-0.05, 0) is 49.1 Å². The van der Waals surface area contributed by atoms with Gasteiger partial charge in [0.05, 0.1) is 18.0 Å². The highest BCUT2D eigenvalue weighted by Gasteiger charge is 2.25. The largest absolute Gasteiger partial charge is 0.494 e. The van der Waals surface area contributed by atoms with Crippen LogP contribution in [-0.4, -0.2) is 57.7 Å². The zero-order valence-electron chi connectivity index (χ0n) is 17.7. The number of aliphatic imine (C=N–C) groups is 1. The molecule has 0 saturated carbocycles. The molecule has 2 aromatic carbocycles. The zero-order chi connectivity index (χ0) is 22.8. The highest BCUT2D eigenvalue weighted by atomic mass is 32.2. The van der Waals surface area contributed by atoms with Crippen LogP contribution in [0.2, 0.25) is 0 Å². The summed E-state index contributed by atoms with van der Waals surface area (Å²) in [6, 6.07) is 13.4. The van der Waals surface area contributed by atoms with Crippen LogP contribution < -0.4 is 20.1 Å². The summed E-state index contributed by atoms with van der Waals surface area (Å²) >= 11 is 0. The first-order valence-corrected chi connectivity index (χ1v) is 12.0. The molecule has 9 nitrogen and oxygen atoms in total. The van der Waals surface area contributed by atoms with Crippen molar-refractivity contribution in [3.05, 3.63) is 60.2 Å². The Hall–Kier alpha value is -3.11. The molecule has 0 fully saturated rings. The van der Waals surface area contributed by atoms with Gasteiger partial charge in [-0.3, -0.25) is 9.79 Å². The summed E-state index contributed by atoms with van der Waals surface area (Å²) < 4.78 is 32.9. The van der Waals surface area contributed by atoms with Crippen molar-refractivity contribution in [2.75, 3.05) is 26.2 Å². The second kappa shape index (κ2) is 11.5. The molecule has 1 unspecified atom stereocenters. The van der Waals surface area contributed by atoms with Crippen LogP contribution >= 0.6 is 0 Å². The van der Waals surface area contributed by atoms with E-state index in [2.05, 4.69) is 20.3 Å². The average Bonchev–Trinajstić information content (AvgIpc) is 3.31. The van der Waals surface area contributed by atoms with Gasteiger partial charge in [-0.25, -0.2) is 8.42 Å². The Bertz CT molecular complexity index is 1010. The molecule has 32 heavy (non-hydrogen) atoms. The first-order valence-electron chi connectivity index (χ1n) is 10.5. The number of guanidine groups is 1. The normalized spacial score (nSPS) is 14.3. The lowest BCUT2D eigenvalue weighted by Crippen LogP contribution is -2.42. The van der Waals surface area contributed by atoms with Gasteiger partial charge in [-0.1, -0.05) is 30.3 Å². The number of hydrogen-bond donors (Lipinski definition) is 4. The minimum atomic E-state index is -3.93. The van der Waals surface area contributed by atoms with Crippen molar-refractivity contribution in [2.45, 2.75) is 30.2 Å². The molecule has 172 valence electrons. The molecule has 4 N–H and O–H groups in total. The molecule has 0 amide bonds. The van der Waals surface area contributed by atoms with E-state index in [4.69, 9.17) is 4.74 Å². The van der Waals surface area contributed by atoms with Gasteiger partial charge in [0.1, 0.15) is 11.8 Å². The van der Waals surface area contributed by atoms with Gasteiger partial charge >= 0.3 is 5.97 Å². The number of unbranched alkanes of at least 4 members (excludes halogenated alkanes) is 1. The number of sulfonamides is 1. The quantitative estimate of drug-likeness (QED) is 0.352. The number of rotatable bonds is 12. The lowest BCUT2D eigenvalue weighted by Gasteiger charge is -2.15. The predicted molar refractivity (Wildman–Crippen MR) is 121 cm³/mol. The molecule has 10 heteroatoms. The number of nitrogens with zero attached hydrogens (tertiary/aromatic N) is 1. The molecular weight excluding hydrogens is 432 g/mol. The number of ether oxygens (including phenoxy) is 1. The standard InChI is InChI=1S/C22H28N4O5S/c27-21(28)20(26-32(29,30)19-6-2-1-3-7-19)16-17-8-10-18(11-9-17)31-15-5-4-12-23-22-24-13-14-25-22/h1-3,6-11,20,26H,4-5,12-16H2,(H,27,28)(H2,23,24,25). The van der Waals surface area contributed by atoms with E-state index in [0.717, 1.165) is 38.4 Å². The van der Waals surface area contributed by atoms with E-state index < -0.39 is 22.0 Å². The highest BCUT2D eigenvalue weighted by molar-refractivity contribution is 7.89. The van der Waals surface area contributed by atoms with Gasteiger partial charge in [0.15, 0.2) is 5.96 Å². The molecule has 1 aliphatic rings. The van der Waals surface area contributed by atoms with E-state index in [9.17, 15) is 18.3 Å². The van der Waals surface area contributed by atoms with Crippen LogP contribution in [0.25, 0.3) is 0 Å². The molecular formula is C22H28N4O5S. The SMILES string of the molecule is O=C(O)C(Cc1ccc(OCCCCNC2=NCCN2)cc1)NS(=O)(=O)c1ccccc1. The van der Waals surface area contributed by atoms with Crippen LogP contribution in [0, 0.1) is 0 Å². The fourth-order valence-electron chi connectivity index (χ4n) is 3.13. The predicted octanol–water partition coefficient (Wildman–Crippen LogP) is 1.37. The van der Waals surface area contributed by atoms with E-state index in [1.165, 1.54) is 12.1 Å². The smallest absolute Gasteiger partial charge is 0.322 e. The fraction of sp³-hybridized carbons (Fsp3) is 0.364. The van der Waals surface area contributed by atoms with Gasteiger partial charge in [0, 0.05) is 13.1 Å². The maximum absolute atomic E-state index is 12.5. The number of nitrogens with one attached hydrogen (secondary N) is 3. The van der Waals surface area contributed by atoms with Crippen molar-refractivity contribution < 1.29 is 23.1 Å². The van der Waals surface area contributed by atoms with E-state index in [1.54, 1.807) is 42.5 Å². The van der Waals surface area contributed by atoms with Crippen LogP contribution in [0.4, 0.5) is 0 Å². The Balaban J connectivity index is 1.45. The topological polar surface area (TPSA) is 129 Å². The van der Waals surface area contributed by atoms with Crippen molar-refractivity contribution in [2.24, 2.45) is 4.99 Å². The monoisotopic (exact) mass is 460 g/mol. The van der Waals surface area contributed by atoms with Gasteiger partial charge in [-0.15, -0.1) is 0 Å². The highest BCUT2D eigenvalue weighted by Crippen LogP contribution is 2.15. The fourth-order valence-corrected chi connectivity index (χ4v) is 4.34. The van der Waals surface area contributed by atoms with Crippen molar-refractivity contribution in [3.63, 3.8) is 0 Å². The molecule has 2 aromatic rings. The zero-order valence-corrected chi connectivity index (χ0v) is 18.5. The van der Waals surface area contributed by atoms with E-state index >= 15 is 0 Å². The number of benzene rings is 2. The average molecular weight is 461 g/mol. The molecule has 0 aliphatic carbocycles. The molecule has 0 radical (unpaired) electrons. The summed E-state index contributed by atoms with van der Waals surface area (Å²) in [6.45, 7) is 3.08. The maximum atomic E-state index is 12.5. The molecule has 1 heterocycles. The Morgan fingerprint density at radius 3 is 2.53 bits per heavy atom. The maximum Gasteiger partial charge on any atom is 0.322 e. The number of hydrogen-bond acceptors (Lipinski definition) is 7. The van der Waals surface area contributed by atoms with Crippen LogP contribution in [0.5, 0.6) is 5.75 Å². The number of carboxylic acid groups (broad SMARTS) is 1. The third-order valence-corrected chi connectivity index (χ3v) is 6.31. The van der Waals surface area contributed by atoms with Crippen molar-refractivity contribution in [1.29, 1.82) is 0 Å². The summed E-state index contributed by atoms with van der Waals surface area (Å²) in [4.78, 5) is 15.9. The first-order chi connectivity index (χ1) is 15.4. The second-order valence-corrected chi connectivity index (χ2v) is 9.03. The van der Waals surface area contributed by atoms with E-state index in [1.807, 2.05) is 0 Å². The lowest BCUT2D eigenvalue weighted by atomic mass is 10.1. The van der Waals surface area contributed by atoms with Crippen molar-refractivity contribution in [1.82, 2.24) is 15.4 Å². The second-order valence-electron chi connectivity index (χ2n) is 7.31. The van der Waals surface area contributed by atoms with Gasteiger partial charge in [0.2, 0.25) is 10.0 Å². The van der Waals surface area contributed by atoms with Crippen LogP contribution in [0.15, 0.2) is 64.5 Å². The number of aliphatic carboxylic acids is 1. The Labute approximate surface area is 188 Å². The van der Waals surface area contributed by atoms with Crippen molar-refractivity contribution >= 4 is 22.0 Å². The summed E-state index contributed by atoms with van der Waals surface area (Å²) in [5, 5.41) is 15.9. The third-order valence-electron chi connectivity index (χ3n) is 4.82. The molecule has 0 spiro atoms. The first kappa shape index (κ1) is 23.6. The molecule has 0 bridgehead atoms. The Morgan fingerprint density at radius 1 is 1.12 bits per heavy atom. The van der Waals surface area contributed by atoms with Crippen LogP contribution in [0.3, 0.4) is 0 Å². The summed E-state index contributed by atoms with van der Waals surface area (Å²) in [7, 11) is -3.93. The number of carboxylic acids is 1. The molecule has 3 rings (SSSR count). The van der Waals surface area contributed by atoms with Gasteiger partial charge in [0.25, 0.3) is 0 Å². The number of carbonyl (C=O) groups is 1. The van der Waals surface area contributed by atoms with Crippen LogP contribution in [0.1, 0.15) is 18.4 Å². The summed E-state index contributed by atoms with van der Waals surface area (Å²) in [5.74, 6) is 0.296. The molecule has 1 aliphatic heterocycles. The minimum absolute atomic E-state index is 0.0191. The van der Waals surface area contributed by atoms with Gasteiger partial charge in [-0.2, -0.15) is 4.72 Å². The van der Waals surface area contributed by atoms with Crippen molar-refractivity contribution in [3.8, 4) is 5.75 Å². The summed E-state index contributed by atoms with van der Waals surface area (Å²) in [5.41, 5.74) is 0.689. The Morgan fingerprint density at radius 2 is 1.88 bits per heavy atom. The molecule has 0 saturated heterocycles. The van der Waals surface area contributed by atoms with Gasteiger partial charge < -0.3 is 20.5 Å². The summed E-state index contributed by atoms with van der Waals surface area (Å²) in [6.07, 6.45) is 1.84. The molecule has 0 aromatic heterocycles. The lowest BCUT2D eigenvalue weighted by molar-refractivity contribution is -0.138. The van der Waals surface area contributed by atoms with E-state index in [0.29, 0.717) is 17.9 Å². The third kappa shape index (κ3) is 7.24. The minimum Gasteiger partial charge on any atom is -0.494 e. The van der Waals surface area contributed by atoms with Crippen LogP contribution in [-0.2, 0) is 21.2 Å². The van der Waals surface area contributed by atoms with E-state index in [-0.39, 0.29) is 11.3 Å². The molecule has 1 atom stereocenters. The Kier molecular flexibility index (Phi) is 8.46.